The van der Waals surface area contributed by atoms with Crippen LogP contribution in [0.1, 0.15) is 69.1 Å². The van der Waals surface area contributed by atoms with E-state index in [-0.39, 0.29) is 11.8 Å². The number of aliphatic imine (C=N–C) groups is 1. The van der Waals surface area contributed by atoms with E-state index in [1.165, 1.54) is 5.57 Å². The van der Waals surface area contributed by atoms with Gasteiger partial charge >= 0.3 is 0 Å². The zero-order valence-corrected chi connectivity index (χ0v) is 19.2. The molecule has 4 rings (SSSR count). The summed E-state index contributed by atoms with van der Waals surface area (Å²) in [5.74, 6) is 2.58. The summed E-state index contributed by atoms with van der Waals surface area (Å²) >= 11 is 0. The van der Waals surface area contributed by atoms with Crippen LogP contribution >= 0.6 is 0 Å². The van der Waals surface area contributed by atoms with Crippen molar-refractivity contribution in [2.45, 2.75) is 59.4 Å². The highest BCUT2D eigenvalue weighted by atomic mass is 15.3. The van der Waals surface area contributed by atoms with Crippen molar-refractivity contribution in [3.05, 3.63) is 34.4 Å². The van der Waals surface area contributed by atoms with Crippen molar-refractivity contribution in [1.82, 2.24) is 19.7 Å². The minimum atomic E-state index is 0.179. The lowest BCUT2D eigenvalue weighted by Crippen LogP contribution is -2.21. The summed E-state index contributed by atoms with van der Waals surface area (Å²) in [7, 11) is 1.83. The highest BCUT2D eigenvalue weighted by Crippen LogP contribution is 2.43. The van der Waals surface area contributed by atoms with Crippen LogP contribution in [0.5, 0.6) is 0 Å². The van der Waals surface area contributed by atoms with E-state index in [1.807, 2.05) is 34.0 Å². The van der Waals surface area contributed by atoms with Gasteiger partial charge in [0.25, 0.3) is 0 Å². The van der Waals surface area contributed by atoms with Crippen LogP contribution < -0.4 is 11.1 Å². The zero-order valence-electron chi connectivity index (χ0n) is 19.2. The van der Waals surface area contributed by atoms with Gasteiger partial charge in [0.05, 0.1) is 23.5 Å². The van der Waals surface area contributed by atoms with Crippen LogP contribution in [0.15, 0.2) is 16.8 Å². The monoisotopic (exact) mass is 420 g/mol. The molecule has 8 heteroatoms. The molecule has 0 radical (unpaired) electrons. The van der Waals surface area contributed by atoms with Crippen LogP contribution in [0.2, 0.25) is 0 Å². The molecular formula is C23H32N8. The van der Waals surface area contributed by atoms with Gasteiger partial charge in [-0.25, -0.2) is 9.97 Å². The maximum atomic E-state index is 9.07. The summed E-state index contributed by atoms with van der Waals surface area (Å²) in [5.41, 5.74) is 12.0. The quantitative estimate of drug-likeness (QED) is 0.590. The zero-order chi connectivity index (χ0) is 22.4. The fraction of sp³-hybridized carbons (Fsp3) is 0.522. The topological polar surface area (TPSA) is 118 Å². The Morgan fingerprint density at radius 3 is 2.55 bits per heavy atom. The average Bonchev–Trinajstić information content (AvgIpc) is 3.37. The fourth-order valence-corrected chi connectivity index (χ4v) is 4.21. The molecule has 0 saturated heterocycles. The second kappa shape index (κ2) is 7.90. The Balaban J connectivity index is 1.79. The predicted molar refractivity (Wildman–Crippen MR) is 126 cm³/mol. The first-order valence-electron chi connectivity index (χ1n) is 11.0. The normalized spacial score (nSPS) is 16.5. The van der Waals surface area contributed by atoms with Crippen molar-refractivity contribution in [1.29, 1.82) is 5.41 Å². The predicted octanol–water partition coefficient (Wildman–Crippen LogP) is 3.73. The minimum Gasteiger partial charge on any atom is -0.382 e. The smallest absolute Gasteiger partial charge is 0.161 e. The van der Waals surface area contributed by atoms with Crippen LogP contribution in [0.25, 0.3) is 5.57 Å². The number of aromatic nitrogens is 4. The van der Waals surface area contributed by atoms with Gasteiger partial charge in [0.15, 0.2) is 11.6 Å². The second-order valence-corrected chi connectivity index (χ2v) is 9.13. The average molecular weight is 421 g/mol. The molecule has 2 aromatic rings. The van der Waals surface area contributed by atoms with E-state index in [2.05, 4.69) is 24.3 Å². The summed E-state index contributed by atoms with van der Waals surface area (Å²) < 4.78 is 1.69. The Hall–Kier alpha value is -3.03. The van der Waals surface area contributed by atoms with Gasteiger partial charge in [-0.1, -0.05) is 13.8 Å². The summed E-state index contributed by atoms with van der Waals surface area (Å²) in [5, 5.41) is 16.8. The van der Waals surface area contributed by atoms with E-state index in [0.717, 1.165) is 35.5 Å². The Bertz CT molecular complexity index is 1100. The second-order valence-electron chi connectivity index (χ2n) is 9.13. The molecular weight excluding hydrogens is 388 g/mol. The van der Waals surface area contributed by atoms with E-state index in [9.17, 15) is 0 Å². The Labute approximate surface area is 183 Å². The number of hydrogen-bond donors (Lipinski definition) is 3. The molecule has 0 spiro atoms. The first kappa shape index (κ1) is 21.2. The van der Waals surface area contributed by atoms with Crippen LogP contribution in [-0.4, -0.2) is 43.8 Å². The molecule has 0 atom stereocenters. The van der Waals surface area contributed by atoms with Gasteiger partial charge in [-0.2, -0.15) is 5.10 Å². The Morgan fingerprint density at radius 2 is 1.97 bits per heavy atom. The van der Waals surface area contributed by atoms with E-state index in [0.29, 0.717) is 41.3 Å². The van der Waals surface area contributed by atoms with Gasteiger partial charge in [-0.05, 0) is 56.6 Å². The van der Waals surface area contributed by atoms with Crippen molar-refractivity contribution < 1.29 is 0 Å². The maximum Gasteiger partial charge on any atom is 0.161 e. The third-order valence-electron chi connectivity index (χ3n) is 5.88. The molecule has 1 fully saturated rings. The van der Waals surface area contributed by atoms with E-state index >= 15 is 0 Å². The Kier molecular flexibility index (Phi) is 5.41. The van der Waals surface area contributed by atoms with Crippen molar-refractivity contribution in [2.24, 2.45) is 18.0 Å². The van der Waals surface area contributed by atoms with Crippen molar-refractivity contribution >= 4 is 28.6 Å². The lowest BCUT2D eigenvalue weighted by atomic mass is 9.95. The van der Waals surface area contributed by atoms with E-state index in [1.54, 1.807) is 4.68 Å². The number of anilines is 2. The van der Waals surface area contributed by atoms with Gasteiger partial charge in [-0.3, -0.25) is 15.1 Å². The molecule has 0 amide bonds. The molecule has 8 nitrogen and oxygen atoms in total. The number of rotatable bonds is 7. The molecule has 1 aliphatic carbocycles. The number of nitrogen functional groups attached to an aromatic ring is 1. The first-order valence-corrected chi connectivity index (χ1v) is 11.0. The molecule has 3 heterocycles. The molecule has 2 aliphatic rings. The van der Waals surface area contributed by atoms with Gasteiger partial charge < -0.3 is 11.1 Å². The number of aryl methyl sites for hydroxylation is 2. The van der Waals surface area contributed by atoms with E-state index < -0.39 is 0 Å². The highest BCUT2D eigenvalue weighted by Gasteiger charge is 2.37. The number of nitrogens with one attached hydrogen (secondary N) is 2. The molecule has 0 unspecified atom stereocenters. The molecule has 31 heavy (non-hydrogen) atoms. The number of nitrogens with zero attached hydrogens (tertiary/aromatic N) is 5. The lowest BCUT2D eigenvalue weighted by molar-refractivity contribution is 0.757. The molecule has 164 valence electrons. The number of nitrogens with two attached hydrogens (primary N) is 1. The fourth-order valence-electron chi connectivity index (χ4n) is 4.21. The van der Waals surface area contributed by atoms with Crippen LogP contribution in [0, 0.1) is 18.3 Å². The van der Waals surface area contributed by atoms with Crippen LogP contribution in [0.4, 0.5) is 11.6 Å². The molecule has 1 aliphatic heterocycles. The van der Waals surface area contributed by atoms with Crippen LogP contribution in [0.3, 0.4) is 0 Å². The SMILES string of the molecule is Cc1nc(C2=C(C3CC3)CN=C2C(=N)c2c(N)nn(C)c2NC(C)C)ncc1C(C)C. The van der Waals surface area contributed by atoms with Gasteiger partial charge in [0.1, 0.15) is 5.82 Å². The molecule has 1 saturated carbocycles. The molecule has 2 aromatic heterocycles. The standard InChI is InChI=1S/C23H32N8/c1-11(2)15-9-27-22(29-13(15)5)17-16(14-7-8-14)10-26-20(17)19(24)18-21(25)30-31(6)23(18)28-12(3)4/h9,11-12,14,24,28H,7-8,10H2,1-6H3,(H2,25,30). The molecule has 0 aromatic carbocycles. The van der Waals surface area contributed by atoms with Crippen molar-refractivity contribution in [3.63, 3.8) is 0 Å². The maximum absolute atomic E-state index is 9.07. The van der Waals surface area contributed by atoms with Gasteiger partial charge in [-0.15, -0.1) is 0 Å². The summed E-state index contributed by atoms with van der Waals surface area (Å²) in [4.78, 5) is 14.3. The summed E-state index contributed by atoms with van der Waals surface area (Å²) in [6.45, 7) is 11.0. The van der Waals surface area contributed by atoms with Gasteiger partial charge in [0, 0.05) is 30.6 Å². The summed E-state index contributed by atoms with van der Waals surface area (Å²) in [6.07, 6.45) is 4.24. The van der Waals surface area contributed by atoms with Gasteiger partial charge in [0.2, 0.25) is 0 Å². The first-order chi connectivity index (χ1) is 14.7. The lowest BCUT2D eigenvalue weighted by Gasteiger charge is -2.15. The molecule has 4 N–H and O–H groups in total. The third kappa shape index (κ3) is 3.86. The number of hydrogen-bond acceptors (Lipinski definition) is 7. The number of allylic oxidation sites excluding steroid dienone is 1. The van der Waals surface area contributed by atoms with E-state index in [4.69, 9.17) is 26.1 Å². The Morgan fingerprint density at radius 1 is 1.26 bits per heavy atom. The van der Waals surface area contributed by atoms with Crippen molar-refractivity contribution in [2.75, 3.05) is 17.6 Å². The summed E-state index contributed by atoms with van der Waals surface area (Å²) in [6, 6.07) is 0.179. The van der Waals surface area contributed by atoms with Crippen LogP contribution in [-0.2, 0) is 7.05 Å². The molecule has 0 bridgehead atoms. The largest absolute Gasteiger partial charge is 0.382 e. The third-order valence-corrected chi connectivity index (χ3v) is 5.88. The highest BCUT2D eigenvalue weighted by molar-refractivity contribution is 6.63. The minimum absolute atomic E-state index is 0.179. The van der Waals surface area contributed by atoms with Crippen molar-refractivity contribution in [3.8, 4) is 0 Å².